The molecule has 2 saturated carbocycles. The Morgan fingerprint density at radius 2 is 1.54 bits per heavy atom. The number of aromatic nitrogens is 3. The first kappa shape index (κ1) is 29.3. The molecule has 0 radical (unpaired) electrons. The minimum absolute atomic E-state index is 0.183. The van der Waals surface area contributed by atoms with Crippen LogP contribution in [0.5, 0.6) is 6.01 Å². The van der Waals surface area contributed by atoms with Gasteiger partial charge in [0.1, 0.15) is 31.0 Å². The fourth-order valence-corrected chi connectivity index (χ4v) is 7.24. The second kappa shape index (κ2) is 12.1. The molecule has 0 spiro atoms. The number of nitrogens with zero attached hydrogens (tertiary/aromatic N) is 3. The summed E-state index contributed by atoms with van der Waals surface area (Å²) in [5.74, 6) is 1.09. The second-order valence-electron chi connectivity index (χ2n) is 13.4. The van der Waals surface area contributed by atoms with E-state index < -0.39 is 24.0 Å². The van der Waals surface area contributed by atoms with E-state index in [1.165, 1.54) is 57.8 Å². The van der Waals surface area contributed by atoms with Gasteiger partial charge >= 0.3 is 6.01 Å². The van der Waals surface area contributed by atoms with Gasteiger partial charge in [0.05, 0.1) is 0 Å². The third kappa shape index (κ3) is 6.90. The summed E-state index contributed by atoms with van der Waals surface area (Å²) in [7, 11) is 0. The third-order valence-electron chi connectivity index (χ3n) is 9.11. The van der Waals surface area contributed by atoms with Crippen molar-refractivity contribution in [1.82, 2.24) is 15.0 Å². The van der Waals surface area contributed by atoms with Crippen molar-refractivity contribution in [2.24, 2.45) is 11.8 Å². The molecule has 11 nitrogen and oxygen atoms in total. The van der Waals surface area contributed by atoms with Gasteiger partial charge < -0.3 is 39.1 Å². The Balaban J connectivity index is 1.12. The smallest absolute Gasteiger partial charge is 0.323 e. The van der Waals surface area contributed by atoms with Crippen molar-refractivity contribution in [2.75, 3.05) is 23.8 Å². The van der Waals surface area contributed by atoms with E-state index in [0.717, 1.165) is 18.9 Å². The zero-order valence-electron chi connectivity index (χ0n) is 25.4. The Bertz CT molecular complexity index is 1040. The largest absolute Gasteiger partial charge is 0.460 e. The molecule has 41 heavy (non-hydrogen) atoms. The minimum atomic E-state index is -0.767. The molecule has 5 fully saturated rings. The van der Waals surface area contributed by atoms with Crippen LogP contribution in [0.15, 0.2) is 0 Å². The first-order valence-corrected chi connectivity index (χ1v) is 15.9. The number of fused-ring (bicyclic) bond motifs is 5. The summed E-state index contributed by atoms with van der Waals surface area (Å²) in [5.41, 5.74) is 0. The number of hydrogen-bond donors (Lipinski definition) is 2. The minimum Gasteiger partial charge on any atom is -0.460 e. The lowest BCUT2D eigenvalue weighted by molar-refractivity contribution is -0.238. The Kier molecular flexibility index (Phi) is 8.62. The number of hydrogen-bond acceptors (Lipinski definition) is 11. The maximum atomic E-state index is 6.32. The van der Waals surface area contributed by atoms with Crippen LogP contribution in [-0.4, -0.2) is 76.4 Å². The average molecular weight is 576 g/mol. The molecule has 4 heterocycles. The van der Waals surface area contributed by atoms with Crippen molar-refractivity contribution in [3.63, 3.8) is 0 Å². The Morgan fingerprint density at radius 1 is 0.805 bits per heavy atom. The molecule has 5 aliphatic rings. The van der Waals surface area contributed by atoms with Gasteiger partial charge in [0.15, 0.2) is 17.9 Å². The average Bonchev–Trinajstić information content (AvgIpc) is 3.67. The molecular formula is C30H49N5O6. The van der Waals surface area contributed by atoms with Crippen LogP contribution in [0.3, 0.4) is 0 Å². The molecule has 0 amide bonds. The predicted octanol–water partition coefficient (Wildman–Crippen LogP) is 5.02. The summed E-state index contributed by atoms with van der Waals surface area (Å²) in [4.78, 5) is 14.0. The summed E-state index contributed by atoms with van der Waals surface area (Å²) < 4.78 is 37.2. The van der Waals surface area contributed by atoms with E-state index in [2.05, 4.69) is 27.5 Å². The lowest BCUT2D eigenvalue weighted by Crippen LogP contribution is -2.56. The summed E-state index contributed by atoms with van der Waals surface area (Å²) in [6.45, 7) is 10.8. The highest BCUT2D eigenvalue weighted by atomic mass is 16.9. The molecule has 2 bridgehead atoms. The summed E-state index contributed by atoms with van der Waals surface area (Å²) in [6, 6.07) is 0.671. The molecule has 6 rings (SSSR count). The number of unbranched alkanes of at least 4 members (excludes halogenated alkanes) is 5. The van der Waals surface area contributed by atoms with Crippen molar-refractivity contribution in [3.8, 4) is 6.01 Å². The fraction of sp³-hybridized carbons (Fsp3) is 0.900. The fourth-order valence-electron chi connectivity index (χ4n) is 7.24. The van der Waals surface area contributed by atoms with Gasteiger partial charge in [-0.3, -0.25) is 0 Å². The zero-order chi connectivity index (χ0) is 28.6. The monoisotopic (exact) mass is 575 g/mol. The van der Waals surface area contributed by atoms with Crippen LogP contribution in [-0.2, 0) is 23.7 Å². The lowest BCUT2D eigenvalue weighted by Gasteiger charge is -2.36. The van der Waals surface area contributed by atoms with Gasteiger partial charge in [-0.1, -0.05) is 45.4 Å². The SMILES string of the molecule is CCCCCCCCNc1nc(N[C@H]2C[C@@H]3CC[C@H]2C3)nc(OC[C@H]2O[C@@H]3OC(C)(C)O[C@@H]3[C@H]3OC(C)(C)O[C@H]32)n1. The first-order chi connectivity index (χ1) is 19.7. The number of nitrogens with one attached hydrogen (secondary N) is 2. The van der Waals surface area contributed by atoms with E-state index in [1.807, 2.05) is 27.7 Å². The summed E-state index contributed by atoms with van der Waals surface area (Å²) in [5, 5.41) is 7.01. The van der Waals surface area contributed by atoms with Crippen LogP contribution in [0.1, 0.15) is 98.8 Å². The van der Waals surface area contributed by atoms with Crippen LogP contribution >= 0.6 is 0 Å². The first-order valence-electron chi connectivity index (χ1n) is 15.9. The van der Waals surface area contributed by atoms with E-state index in [1.54, 1.807) is 0 Å². The van der Waals surface area contributed by atoms with Gasteiger partial charge in [-0.25, -0.2) is 0 Å². The van der Waals surface area contributed by atoms with Gasteiger partial charge in [0.25, 0.3) is 0 Å². The van der Waals surface area contributed by atoms with Crippen molar-refractivity contribution in [3.05, 3.63) is 0 Å². The van der Waals surface area contributed by atoms with Crippen molar-refractivity contribution in [2.45, 2.75) is 147 Å². The molecule has 3 saturated heterocycles. The molecule has 230 valence electrons. The highest BCUT2D eigenvalue weighted by Crippen LogP contribution is 2.46. The van der Waals surface area contributed by atoms with Crippen molar-refractivity contribution in [1.29, 1.82) is 0 Å². The molecule has 2 aliphatic carbocycles. The van der Waals surface area contributed by atoms with E-state index >= 15 is 0 Å². The maximum Gasteiger partial charge on any atom is 0.323 e. The van der Waals surface area contributed by atoms with Gasteiger partial charge in [0.2, 0.25) is 11.9 Å². The maximum absolute atomic E-state index is 6.32. The molecular weight excluding hydrogens is 526 g/mol. The number of anilines is 2. The Hall–Kier alpha value is -1.79. The van der Waals surface area contributed by atoms with Crippen LogP contribution in [0, 0.1) is 11.8 Å². The summed E-state index contributed by atoms with van der Waals surface area (Å²) in [6.07, 6.45) is 10.4. The highest BCUT2D eigenvalue weighted by molar-refractivity contribution is 5.37. The second-order valence-corrected chi connectivity index (χ2v) is 13.4. The molecule has 2 N–H and O–H groups in total. The van der Waals surface area contributed by atoms with Crippen LogP contribution in [0.4, 0.5) is 11.9 Å². The van der Waals surface area contributed by atoms with Gasteiger partial charge in [-0.2, -0.15) is 15.0 Å². The van der Waals surface area contributed by atoms with Crippen LogP contribution in [0.25, 0.3) is 0 Å². The normalized spacial score (nSPS) is 36.2. The number of ether oxygens (including phenoxy) is 6. The molecule has 1 aromatic rings. The Labute approximate surface area is 244 Å². The molecule has 0 unspecified atom stereocenters. The number of rotatable bonds is 13. The van der Waals surface area contributed by atoms with Crippen molar-refractivity contribution < 1.29 is 28.4 Å². The van der Waals surface area contributed by atoms with Crippen LogP contribution < -0.4 is 15.4 Å². The molecule has 0 aromatic carbocycles. The standard InChI is InChI=1S/C30H49N5O6/c1-6-7-8-9-10-11-14-31-26-33-27(32-20-16-18-12-13-19(20)15-18)35-28(34-26)36-17-21-22-23(39-29(2,3)38-22)24-25(37-21)41-30(4,5)40-24/h18-25H,6-17H2,1-5H3,(H2,31,32,33,34,35)/t18-,19+,20+,21-,22+,23+,24-,25-/m1/s1. The zero-order valence-corrected chi connectivity index (χ0v) is 25.4. The summed E-state index contributed by atoms with van der Waals surface area (Å²) >= 11 is 0. The van der Waals surface area contributed by atoms with Crippen LogP contribution in [0.2, 0.25) is 0 Å². The molecule has 3 aliphatic heterocycles. The topological polar surface area (TPSA) is 118 Å². The van der Waals surface area contributed by atoms with Gasteiger partial charge in [0, 0.05) is 12.6 Å². The van der Waals surface area contributed by atoms with Gasteiger partial charge in [-0.15, -0.1) is 0 Å². The lowest BCUT2D eigenvalue weighted by atomic mass is 9.95. The quantitative estimate of drug-likeness (QED) is 0.309. The molecule has 11 heteroatoms. The van der Waals surface area contributed by atoms with Crippen molar-refractivity contribution >= 4 is 11.9 Å². The third-order valence-corrected chi connectivity index (χ3v) is 9.11. The highest BCUT2D eigenvalue weighted by Gasteiger charge is 2.60. The molecule has 8 atom stereocenters. The van der Waals surface area contributed by atoms with E-state index in [9.17, 15) is 0 Å². The van der Waals surface area contributed by atoms with E-state index in [4.69, 9.17) is 33.4 Å². The Morgan fingerprint density at radius 3 is 2.32 bits per heavy atom. The molecule has 1 aromatic heterocycles. The van der Waals surface area contributed by atoms with Gasteiger partial charge in [-0.05, 0) is 65.2 Å². The van der Waals surface area contributed by atoms with E-state index in [-0.39, 0.29) is 30.9 Å². The predicted molar refractivity (Wildman–Crippen MR) is 153 cm³/mol. The van der Waals surface area contributed by atoms with E-state index in [0.29, 0.717) is 23.9 Å².